The molecule has 0 aliphatic carbocycles. The lowest BCUT2D eigenvalue weighted by molar-refractivity contribution is -0.134. The van der Waals surface area contributed by atoms with Crippen LogP contribution in [0.3, 0.4) is 0 Å². The Kier molecular flexibility index (Phi) is 4.23. The van der Waals surface area contributed by atoms with Crippen LogP contribution in [-0.2, 0) is 14.9 Å². The molecule has 1 atom stereocenters. The van der Waals surface area contributed by atoms with Gasteiger partial charge in [-0.2, -0.15) is 0 Å². The van der Waals surface area contributed by atoms with Gasteiger partial charge in [0.05, 0.1) is 18.7 Å². The number of fused-ring (bicyclic) bond motifs is 1. The van der Waals surface area contributed by atoms with Gasteiger partial charge in [0.25, 0.3) is 0 Å². The first-order valence-corrected chi connectivity index (χ1v) is 8.62. The summed E-state index contributed by atoms with van der Waals surface area (Å²) in [5.41, 5.74) is 1.08. The fourth-order valence-corrected chi connectivity index (χ4v) is 4.38. The lowest BCUT2D eigenvalue weighted by Gasteiger charge is -2.39. The van der Waals surface area contributed by atoms with Crippen molar-refractivity contribution in [3.05, 3.63) is 23.1 Å². The zero-order chi connectivity index (χ0) is 15.7. The summed E-state index contributed by atoms with van der Waals surface area (Å²) in [6.07, 6.45) is 4.63. The molecule has 2 aromatic heterocycles. The van der Waals surface area contributed by atoms with Gasteiger partial charge in [-0.25, -0.2) is 4.98 Å². The predicted octanol–water partition coefficient (Wildman–Crippen LogP) is 2.62. The normalized spacial score (nSPS) is 22.4. The van der Waals surface area contributed by atoms with Crippen LogP contribution in [0.2, 0.25) is 0 Å². The monoisotopic (exact) mass is 321 g/mol. The highest BCUT2D eigenvalue weighted by molar-refractivity contribution is 7.15. The molecule has 3 rings (SSSR count). The van der Waals surface area contributed by atoms with Crippen molar-refractivity contribution >= 4 is 22.1 Å². The Morgan fingerprint density at radius 3 is 3.14 bits per heavy atom. The highest BCUT2D eigenvalue weighted by Gasteiger charge is 2.38. The molecule has 22 heavy (non-hydrogen) atoms. The average molecular weight is 321 g/mol. The van der Waals surface area contributed by atoms with Gasteiger partial charge in [-0.15, -0.1) is 11.3 Å². The number of piperidine rings is 1. The summed E-state index contributed by atoms with van der Waals surface area (Å²) in [6.45, 7) is 6.37. The van der Waals surface area contributed by atoms with E-state index in [1.54, 1.807) is 18.4 Å². The van der Waals surface area contributed by atoms with Crippen LogP contribution < -0.4 is 0 Å². The number of likely N-dealkylation sites (tertiary alicyclic amines) is 1. The van der Waals surface area contributed by atoms with Crippen molar-refractivity contribution in [2.45, 2.75) is 38.5 Å². The number of nitrogens with zero attached hydrogens (tertiary/aromatic N) is 3. The minimum atomic E-state index is -0.0641. The van der Waals surface area contributed by atoms with E-state index in [9.17, 15) is 4.79 Å². The first-order chi connectivity index (χ1) is 10.5. The average Bonchev–Trinajstić information content (AvgIpc) is 3.09. The molecule has 1 aliphatic heterocycles. The maximum Gasteiger partial charge on any atom is 0.224 e. The van der Waals surface area contributed by atoms with Crippen LogP contribution in [0, 0.1) is 6.92 Å². The number of hydrogen-bond acceptors (Lipinski definition) is 4. The van der Waals surface area contributed by atoms with Gasteiger partial charge in [-0.3, -0.25) is 9.20 Å². The van der Waals surface area contributed by atoms with Gasteiger partial charge in [0.2, 0.25) is 5.91 Å². The van der Waals surface area contributed by atoms with Crippen LogP contribution in [0.4, 0.5) is 0 Å². The molecule has 3 heterocycles. The second-order valence-corrected chi connectivity index (χ2v) is 7.20. The van der Waals surface area contributed by atoms with E-state index < -0.39 is 0 Å². The number of rotatable bonds is 4. The summed E-state index contributed by atoms with van der Waals surface area (Å²) in [4.78, 5) is 20.3. The van der Waals surface area contributed by atoms with Gasteiger partial charge in [-0.05, 0) is 19.8 Å². The third kappa shape index (κ3) is 2.65. The van der Waals surface area contributed by atoms with Crippen molar-refractivity contribution in [3.63, 3.8) is 0 Å². The predicted molar refractivity (Wildman–Crippen MR) is 87.5 cm³/mol. The van der Waals surface area contributed by atoms with Crippen LogP contribution in [-0.4, -0.2) is 47.0 Å². The van der Waals surface area contributed by atoms with Gasteiger partial charge in [0.1, 0.15) is 10.7 Å². The zero-order valence-corrected chi connectivity index (χ0v) is 14.3. The van der Waals surface area contributed by atoms with Crippen molar-refractivity contribution in [2.75, 3.05) is 26.8 Å². The highest BCUT2D eigenvalue weighted by atomic mass is 32.1. The fraction of sp³-hybridized carbons (Fsp3) is 0.625. The topological polar surface area (TPSA) is 46.8 Å². The minimum absolute atomic E-state index is 0.0641. The molecule has 0 N–H and O–H groups in total. The molecule has 1 aliphatic rings. The second kappa shape index (κ2) is 6.01. The Balaban J connectivity index is 1.85. The molecule has 1 unspecified atom stereocenters. The Morgan fingerprint density at radius 1 is 1.55 bits per heavy atom. The Labute approximate surface area is 134 Å². The lowest BCUT2D eigenvalue weighted by atomic mass is 9.79. The summed E-state index contributed by atoms with van der Waals surface area (Å²) in [5, 5.41) is 2.10. The van der Waals surface area contributed by atoms with E-state index in [2.05, 4.69) is 22.9 Å². The molecule has 120 valence electrons. The second-order valence-electron chi connectivity index (χ2n) is 6.31. The first-order valence-electron chi connectivity index (χ1n) is 7.74. The fourth-order valence-electron chi connectivity index (χ4n) is 3.35. The van der Waals surface area contributed by atoms with Crippen LogP contribution in [0.15, 0.2) is 11.6 Å². The van der Waals surface area contributed by atoms with Crippen molar-refractivity contribution in [1.82, 2.24) is 14.3 Å². The highest BCUT2D eigenvalue weighted by Crippen LogP contribution is 2.37. The molecule has 2 aromatic rings. The molecule has 1 saturated heterocycles. The molecule has 6 heteroatoms. The number of carbonyl (C=O) groups is 1. The number of carbonyl (C=O) groups excluding carboxylic acids is 1. The molecular weight excluding hydrogens is 298 g/mol. The number of methoxy groups -OCH3 is 1. The van der Waals surface area contributed by atoms with Crippen molar-refractivity contribution < 1.29 is 9.53 Å². The van der Waals surface area contributed by atoms with Gasteiger partial charge < -0.3 is 9.64 Å². The summed E-state index contributed by atoms with van der Waals surface area (Å²) >= 11 is 1.73. The molecule has 0 bridgehead atoms. The quantitative estimate of drug-likeness (QED) is 0.870. The van der Waals surface area contributed by atoms with E-state index in [0.29, 0.717) is 13.0 Å². The maximum absolute atomic E-state index is 12.3. The SMILES string of the molecule is COCCC(=O)N1CCCC(C)(c2nc(C)n3ccsc23)C1. The van der Waals surface area contributed by atoms with E-state index >= 15 is 0 Å². The van der Waals surface area contributed by atoms with Crippen molar-refractivity contribution in [1.29, 1.82) is 0 Å². The minimum Gasteiger partial charge on any atom is -0.384 e. The number of amides is 1. The van der Waals surface area contributed by atoms with E-state index in [0.717, 1.165) is 37.4 Å². The Bertz CT molecular complexity index is 678. The molecular formula is C16H23N3O2S. The standard InChI is InChI=1S/C16H23N3O2S/c1-12-17-14(15-19(12)8-10-22-15)16(2)6-4-7-18(11-16)13(20)5-9-21-3/h8,10H,4-7,9,11H2,1-3H3. The Hall–Kier alpha value is -1.40. The van der Waals surface area contributed by atoms with E-state index in [4.69, 9.17) is 9.72 Å². The van der Waals surface area contributed by atoms with Crippen LogP contribution in [0.1, 0.15) is 37.7 Å². The number of imidazole rings is 1. The smallest absolute Gasteiger partial charge is 0.224 e. The molecule has 5 nitrogen and oxygen atoms in total. The van der Waals surface area contributed by atoms with E-state index in [1.807, 2.05) is 11.8 Å². The van der Waals surface area contributed by atoms with E-state index in [1.165, 1.54) is 4.83 Å². The number of aryl methyl sites for hydroxylation is 1. The molecule has 0 spiro atoms. The van der Waals surface area contributed by atoms with Crippen molar-refractivity contribution in [2.24, 2.45) is 0 Å². The van der Waals surface area contributed by atoms with Crippen molar-refractivity contribution in [3.8, 4) is 0 Å². The molecule has 0 aromatic carbocycles. The number of ether oxygens (including phenoxy) is 1. The number of aromatic nitrogens is 2. The number of hydrogen-bond donors (Lipinski definition) is 0. The largest absolute Gasteiger partial charge is 0.384 e. The van der Waals surface area contributed by atoms with Crippen LogP contribution in [0.5, 0.6) is 0 Å². The maximum atomic E-state index is 12.3. The van der Waals surface area contributed by atoms with Crippen LogP contribution >= 0.6 is 11.3 Å². The molecule has 1 amide bonds. The van der Waals surface area contributed by atoms with Crippen LogP contribution in [0.25, 0.3) is 4.83 Å². The summed E-state index contributed by atoms with van der Waals surface area (Å²) in [5.74, 6) is 1.21. The summed E-state index contributed by atoms with van der Waals surface area (Å²) < 4.78 is 7.18. The lowest BCUT2D eigenvalue weighted by Crippen LogP contribution is -2.47. The van der Waals surface area contributed by atoms with E-state index in [-0.39, 0.29) is 11.3 Å². The molecule has 1 fully saturated rings. The Morgan fingerprint density at radius 2 is 2.36 bits per heavy atom. The zero-order valence-electron chi connectivity index (χ0n) is 13.5. The summed E-state index contributed by atoms with van der Waals surface area (Å²) in [6, 6.07) is 0. The summed E-state index contributed by atoms with van der Waals surface area (Å²) in [7, 11) is 1.63. The van der Waals surface area contributed by atoms with Gasteiger partial charge in [0, 0.05) is 37.2 Å². The molecule has 0 radical (unpaired) electrons. The van der Waals surface area contributed by atoms with Gasteiger partial charge >= 0.3 is 0 Å². The third-order valence-corrected chi connectivity index (χ3v) is 5.45. The third-order valence-electron chi connectivity index (χ3n) is 4.57. The van der Waals surface area contributed by atoms with Gasteiger partial charge in [0.15, 0.2) is 0 Å². The molecule has 0 saturated carbocycles. The first kappa shape index (κ1) is 15.5. The van der Waals surface area contributed by atoms with Gasteiger partial charge in [-0.1, -0.05) is 6.92 Å². The number of thiazole rings is 1.